The van der Waals surface area contributed by atoms with E-state index in [1.165, 1.54) is 16.3 Å². The Morgan fingerprint density at radius 3 is 2.47 bits per heavy atom. The zero-order valence-electron chi connectivity index (χ0n) is 18.9. The second-order valence-corrected chi connectivity index (χ2v) is 8.43. The molecule has 0 saturated heterocycles. The van der Waals surface area contributed by atoms with E-state index in [1.807, 2.05) is 55.5 Å². The Hall–Kier alpha value is -4.07. The highest BCUT2D eigenvalue weighted by Crippen LogP contribution is 2.25. The number of aryl methyl sites for hydroxylation is 2. The highest BCUT2D eigenvalue weighted by molar-refractivity contribution is 6.31. The summed E-state index contributed by atoms with van der Waals surface area (Å²) in [7, 11) is 0. The zero-order valence-corrected chi connectivity index (χ0v) is 19.7. The third-order valence-corrected chi connectivity index (χ3v) is 6.05. The van der Waals surface area contributed by atoms with Gasteiger partial charge in [-0.15, -0.1) is 0 Å². The molecule has 4 aromatic rings. The Bertz CT molecular complexity index is 1430. The molecule has 0 heterocycles. The van der Waals surface area contributed by atoms with Crippen LogP contribution in [0.1, 0.15) is 22.3 Å². The van der Waals surface area contributed by atoms with E-state index in [-0.39, 0.29) is 5.57 Å². The Morgan fingerprint density at radius 2 is 1.74 bits per heavy atom. The number of nitrogens with zero attached hydrogens (tertiary/aromatic N) is 1. The first-order valence-electron chi connectivity index (χ1n) is 10.8. The van der Waals surface area contributed by atoms with E-state index in [1.54, 1.807) is 18.2 Å². The molecule has 168 valence electrons. The quantitative estimate of drug-likeness (QED) is 0.241. The maximum absolute atomic E-state index is 12.5. The lowest BCUT2D eigenvalue weighted by atomic mass is 10.0. The van der Waals surface area contributed by atoms with Gasteiger partial charge in [0.1, 0.15) is 24.0 Å². The van der Waals surface area contributed by atoms with Crippen molar-refractivity contribution in [1.82, 2.24) is 0 Å². The van der Waals surface area contributed by atoms with Crippen LogP contribution < -0.4 is 10.1 Å². The van der Waals surface area contributed by atoms with E-state index in [0.29, 0.717) is 23.1 Å². The Labute approximate surface area is 204 Å². The lowest BCUT2D eigenvalue weighted by Crippen LogP contribution is -2.13. The van der Waals surface area contributed by atoms with E-state index in [4.69, 9.17) is 16.3 Å². The zero-order chi connectivity index (χ0) is 24.1. The summed E-state index contributed by atoms with van der Waals surface area (Å²) in [6, 6.07) is 27.0. The molecule has 0 aliphatic carbocycles. The third kappa shape index (κ3) is 5.28. The van der Waals surface area contributed by atoms with Crippen LogP contribution in [0.25, 0.3) is 16.8 Å². The summed E-state index contributed by atoms with van der Waals surface area (Å²) in [5.41, 5.74) is 4.50. The smallest absolute Gasteiger partial charge is 0.266 e. The number of fused-ring (bicyclic) bond motifs is 1. The number of halogens is 1. The van der Waals surface area contributed by atoms with Gasteiger partial charge in [0, 0.05) is 16.3 Å². The molecule has 0 radical (unpaired) electrons. The normalized spacial score (nSPS) is 11.2. The van der Waals surface area contributed by atoms with Gasteiger partial charge >= 0.3 is 0 Å². The number of carbonyl (C=O) groups is 1. The number of anilines is 1. The Kier molecular flexibility index (Phi) is 6.96. The summed E-state index contributed by atoms with van der Waals surface area (Å²) >= 11 is 6.11. The van der Waals surface area contributed by atoms with Gasteiger partial charge in [-0.3, -0.25) is 4.79 Å². The molecule has 0 atom stereocenters. The molecule has 0 bridgehead atoms. The fourth-order valence-electron chi connectivity index (χ4n) is 3.64. The van der Waals surface area contributed by atoms with Gasteiger partial charge in [-0.05, 0) is 71.7 Å². The molecule has 1 N–H and O–H groups in total. The van der Waals surface area contributed by atoms with E-state index in [0.717, 1.165) is 16.7 Å². The summed E-state index contributed by atoms with van der Waals surface area (Å²) in [4.78, 5) is 12.5. The van der Waals surface area contributed by atoms with Crippen molar-refractivity contribution in [1.29, 1.82) is 5.26 Å². The number of carbonyl (C=O) groups excluding carboxylic acids is 1. The highest BCUT2D eigenvalue weighted by Gasteiger charge is 2.11. The van der Waals surface area contributed by atoms with Crippen molar-refractivity contribution in [2.45, 2.75) is 20.5 Å². The van der Waals surface area contributed by atoms with Crippen LogP contribution in [0.3, 0.4) is 0 Å². The number of benzene rings is 4. The molecule has 0 spiro atoms. The van der Waals surface area contributed by atoms with Crippen LogP contribution in [-0.4, -0.2) is 5.91 Å². The number of hydrogen-bond donors (Lipinski definition) is 1. The van der Waals surface area contributed by atoms with Gasteiger partial charge in [-0.1, -0.05) is 66.2 Å². The Balaban J connectivity index is 1.45. The molecule has 4 nitrogen and oxygen atoms in total. The molecule has 0 aromatic heterocycles. The molecule has 0 unspecified atom stereocenters. The van der Waals surface area contributed by atoms with Gasteiger partial charge in [0.15, 0.2) is 0 Å². The standard InChI is InChI=1S/C29H23ClN2O2/c1-19-7-11-22-5-3-4-6-26(22)27(19)18-34-25-13-9-21(10-14-25)15-23(17-31)29(33)32-24-12-8-20(2)28(30)16-24/h3-16H,18H2,1-2H3,(H,32,33)/b23-15+. The largest absolute Gasteiger partial charge is 0.489 e. The van der Waals surface area contributed by atoms with Crippen molar-refractivity contribution in [2.75, 3.05) is 5.32 Å². The first kappa shape index (κ1) is 23.1. The predicted octanol–water partition coefficient (Wildman–Crippen LogP) is 7.23. The van der Waals surface area contributed by atoms with Crippen LogP contribution in [0.4, 0.5) is 5.69 Å². The molecule has 34 heavy (non-hydrogen) atoms. The maximum atomic E-state index is 12.5. The van der Waals surface area contributed by atoms with Crippen molar-refractivity contribution in [3.05, 3.63) is 112 Å². The molecule has 4 rings (SSSR count). The second-order valence-electron chi connectivity index (χ2n) is 8.03. The predicted molar refractivity (Wildman–Crippen MR) is 138 cm³/mol. The van der Waals surface area contributed by atoms with Gasteiger partial charge in [-0.25, -0.2) is 0 Å². The van der Waals surface area contributed by atoms with Crippen LogP contribution >= 0.6 is 11.6 Å². The van der Waals surface area contributed by atoms with Crippen molar-refractivity contribution in [3.8, 4) is 11.8 Å². The third-order valence-electron chi connectivity index (χ3n) is 5.64. The maximum Gasteiger partial charge on any atom is 0.266 e. The average Bonchev–Trinajstić information content (AvgIpc) is 2.85. The van der Waals surface area contributed by atoms with Crippen LogP contribution in [-0.2, 0) is 11.4 Å². The number of amides is 1. The SMILES string of the molecule is Cc1ccc(NC(=O)/C(C#N)=C/c2ccc(OCc3c(C)ccc4ccccc34)cc2)cc1Cl. The second kappa shape index (κ2) is 10.2. The summed E-state index contributed by atoms with van der Waals surface area (Å²) < 4.78 is 6.04. The molecular formula is C29H23ClN2O2. The molecule has 4 aromatic carbocycles. The summed E-state index contributed by atoms with van der Waals surface area (Å²) in [6.07, 6.45) is 1.55. The van der Waals surface area contributed by atoms with Crippen molar-refractivity contribution in [2.24, 2.45) is 0 Å². The Morgan fingerprint density at radius 1 is 1.00 bits per heavy atom. The number of ether oxygens (including phenoxy) is 1. The molecule has 0 aliphatic heterocycles. The van der Waals surface area contributed by atoms with Gasteiger partial charge in [0.2, 0.25) is 0 Å². The van der Waals surface area contributed by atoms with Crippen LogP contribution in [0.5, 0.6) is 5.75 Å². The first-order chi connectivity index (χ1) is 16.4. The van der Waals surface area contributed by atoms with Crippen LogP contribution in [0.15, 0.2) is 84.4 Å². The average molecular weight is 467 g/mol. The van der Waals surface area contributed by atoms with Gasteiger partial charge in [0.25, 0.3) is 5.91 Å². The summed E-state index contributed by atoms with van der Waals surface area (Å²) in [5, 5.41) is 15.1. The highest BCUT2D eigenvalue weighted by atomic mass is 35.5. The number of rotatable bonds is 6. The molecule has 5 heteroatoms. The van der Waals surface area contributed by atoms with E-state index in [9.17, 15) is 10.1 Å². The minimum Gasteiger partial charge on any atom is -0.489 e. The van der Waals surface area contributed by atoms with Crippen LogP contribution in [0, 0.1) is 25.2 Å². The minimum absolute atomic E-state index is 0.00301. The topological polar surface area (TPSA) is 62.1 Å². The fraction of sp³-hybridized carbons (Fsp3) is 0.103. The molecular weight excluding hydrogens is 444 g/mol. The lowest BCUT2D eigenvalue weighted by Gasteiger charge is -2.12. The van der Waals surface area contributed by atoms with E-state index < -0.39 is 5.91 Å². The molecule has 0 fully saturated rings. The van der Waals surface area contributed by atoms with Crippen LogP contribution in [0.2, 0.25) is 5.02 Å². The van der Waals surface area contributed by atoms with E-state index in [2.05, 4.69) is 36.5 Å². The lowest BCUT2D eigenvalue weighted by molar-refractivity contribution is -0.112. The summed E-state index contributed by atoms with van der Waals surface area (Å²) in [6.45, 7) is 4.41. The van der Waals surface area contributed by atoms with Crippen molar-refractivity contribution < 1.29 is 9.53 Å². The monoisotopic (exact) mass is 466 g/mol. The molecule has 0 aliphatic rings. The number of nitriles is 1. The minimum atomic E-state index is -0.492. The summed E-state index contributed by atoms with van der Waals surface area (Å²) in [5.74, 6) is 0.218. The van der Waals surface area contributed by atoms with Gasteiger partial charge in [0.05, 0.1) is 0 Å². The number of nitrogens with one attached hydrogen (secondary N) is 1. The van der Waals surface area contributed by atoms with Gasteiger partial charge in [-0.2, -0.15) is 5.26 Å². The van der Waals surface area contributed by atoms with Crippen molar-refractivity contribution >= 4 is 40.0 Å². The fourth-order valence-corrected chi connectivity index (χ4v) is 3.82. The molecule has 1 amide bonds. The first-order valence-corrected chi connectivity index (χ1v) is 11.2. The number of hydrogen-bond acceptors (Lipinski definition) is 3. The van der Waals surface area contributed by atoms with Gasteiger partial charge < -0.3 is 10.1 Å². The molecule has 0 saturated carbocycles. The van der Waals surface area contributed by atoms with E-state index >= 15 is 0 Å². The van der Waals surface area contributed by atoms with Crippen molar-refractivity contribution in [3.63, 3.8) is 0 Å².